The largest absolute Gasteiger partial charge is 0.457 e. The lowest BCUT2D eigenvalue weighted by Gasteiger charge is -2.37. The topological polar surface area (TPSA) is 58.8 Å². The van der Waals surface area contributed by atoms with Crippen molar-refractivity contribution in [3.8, 4) is 11.5 Å². The first kappa shape index (κ1) is 20.7. The molecular formula is C22H29N3O2S. The molecule has 0 aliphatic carbocycles. The van der Waals surface area contributed by atoms with Crippen molar-refractivity contribution in [3.63, 3.8) is 0 Å². The van der Waals surface area contributed by atoms with Crippen LogP contribution in [0.2, 0.25) is 0 Å². The van der Waals surface area contributed by atoms with Crippen molar-refractivity contribution in [3.05, 3.63) is 53.6 Å². The first-order chi connectivity index (χ1) is 13.5. The second-order valence-electron chi connectivity index (χ2n) is 7.23. The summed E-state index contributed by atoms with van der Waals surface area (Å²) in [5.41, 5.74) is 7.44. The standard InChI is InChI=1S/C22H29N3O2S/c1-16(2)24-10-12-25(13-11-24)22(26)17-4-9-21(18(14-17)15-23)27-19-5-7-20(28-3)8-6-19/h4-9,14,16H,10-13,15,23H2,1-3H3. The number of carbonyl (C=O) groups is 1. The van der Waals surface area contributed by atoms with Gasteiger partial charge in [0.05, 0.1) is 0 Å². The fourth-order valence-electron chi connectivity index (χ4n) is 3.37. The van der Waals surface area contributed by atoms with Crippen LogP contribution >= 0.6 is 11.8 Å². The highest BCUT2D eigenvalue weighted by Crippen LogP contribution is 2.28. The maximum Gasteiger partial charge on any atom is 0.253 e. The van der Waals surface area contributed by atoms with E-state index in [2.05, 4.69) is 18.7 Å². The number of hydrogen-bond donors (Lipinski definition) is 1. The number of nitrogens with two attached hydrogens (primary N) is 1. The summed E-state index contributed by atoms with van der Waals surface area (Å²) >= 11 is 1.69. The fraction of sp³-hybridized carbons (Fsp3) is 0.409. The number of thioether (sulfide) groups is 1. The molecule has 1 fully saturated rings. The Kier molecular flexibility index (Phi) is 6.99. The summed E-state index contributed by atoms with van der Waals surface area (Å²) in [5.74, 6) is 1.52. The van der Waals surface area contributed by atoms with Crippen molar-refractivity contribution in [2.75, 3.05) is 32.4 Å². The van der Waals surface area contributed by atoms with E-state index in [1.165, 1.54) is 4.90 Å². The van der Waals surface area contributed by atoms with Crippen LogP contribution in [0.4, 0.5) is 0 Å². The highest BCUT2D eigenvalue weighted by atomic mass is 32.2. The van der Waals surface area contributed by atoms with Crippen LogP contribution in [0, 0.1) is 0 Å². The molecule has 2 aromatic carbocycles. The number of hydrogen-bond acceptors (Lipinski definition) is 5. The van der Waals surface area contributed by atoms with Gasteiger partial charge in [0.2, 0.25) is 0 Å². The van der Waals surface area contributed by atoms with Gasteiger partial charge >= 0.3 is 0 Å². The summed E-state index contributed by atoms with van der Waals surface area (Å²) in [5, 5.41) is 0. The Hall–Kier alpha value is -2.02. The van der Waals surface area contributed by atoms with Crippen LogP contribution in [-0.4, -0.2) is 54.2 Å². The third-order valence-electron chi connectivity index (χ3n) is 5.15. The average molecular weight is 400 g/mol. The molecule has 3 rings (SSSR count). The first-order valence-electron chi connectivity index (χ1n) is 9.70. The molecule has 2 N–H and O–H groups in total. The van der Waals surface area contributed by atoms with E-state index >= 15 is 0 Å². The minimum absolute atomic E-state index is 0.0639. The van der Waals surface area contributed by atoms with Gasteiger partial charge in [0.25, 0.3) is 5.91 Å². The van der Waals surface area contributed by atoms with Crippen molar-refractivity contribution in [1.29, 1.82) is 0 Å². The number of amides is 1. The molecule has 28 heavy (non-hydrogen) atoms. The predicted molar refractivity (Wildman–Crippen MR) is 115 cm³/mol. The molecule has 0 unspecified atom stereocenters. The summed E-state index contributed by atoms with van der Waals surface area (Å²) in [6.07, 6.45) is 2.04. The van der Waals surface area contributed by atoms with Crippen LogP contribution in [-0.2, 0) is 6.54 Å². The van der Waals surface area contributed by atoms with Gasteiger partial charge in [-0.3, -0.25) is 9.69 Å². The molecular weight excluding hydrogens is 370 g/mol. The Morgan fingerprint density at radius 2 is 1.79 bits per heavy atom. The molecule has 150 valence electrons. The monoisotopic (exact) mass is 399 g/mol. The summed E-state index contributed by atoms with van der Waals surface area (Å²) in [6.45, 7) is 8.06. The fourth-order valence-corrected chi connectivity index (χ4v) is 3.77. The minimum atomic E-state index is 0.0639. The average Bonchev–Trinajstić information content (AvgIpc) is 2.74. The normalized spacial score (nSPS) is 15.1. The number of benzene rings is 2. The zero-order chi connectivity index (χ0) is 20.1. The lowest BCUT2D eigenvalue weighted by Crippen LogP contribution is -2.50. The molecule has 1 aliphatic rings. The minimum Gasteiger partial charge on any atom is -0.457 e. The predicted octanol–water partition coefficient (Wildman–Crippen LogP) is 3.83. The molecule has 0 radical (unpaired) electrons. The molecule has 0 spiro atoms. The Morgan fingerprint density at radius 1 is 1.11 bits per heavy atom. The van der Waals surface area contributed by atoms with Crippen molar-refractivity contribution in [2.24, 2.45) is 5.73 Å². The Bertz CT molecular complexity index is 800. The number of nitrogens with zero attached hydrogens (tertiary/aromatic N) is 2. The van der Waals surface area contributed by atoms with Gasteiger partial charge in [0.1, 0.15) is 11.5 Å². The molecule has 1 amide bonds. The molecule has 5 nitrogen and oxygen atoms in total. The van der Waals surface area contributed by atoms with E-state index in [1.54, 1.807) is 11.8 Å². The highest BCUT2D eigenvalue weighted by Gasteiger charge is 2.23. The number of piperazine rings is 1. The van der Waals surface area contributed by atoms with Crippen LogP contribution in [0.25, 0.3) is 0 Å². The Balaban J connectivity index is 1.71. The highest BCUT2D eigenvalue weighted by molar-refractivity contribution is 7.98. The van der Waals surface area contributed by atoms with Crippen molar-refractivity contribution < 1.29 is 9.53 Å². The summed E-state index contributed by atoms with van der Waals surface area (Å²) in [4.78, 5) is 18.4. The maximum atomic E-state index is 12.9. The molecule has 2 aromatic rings. The first-order valence-corrected chi connectivity index (χ1v) is 10.9. The van der Waals surface area contributed by atoms with Crippen molar-refractivity contribution in [2.45, 2.75) is 31.3 Å². The Morgan fingerprint density at radius 3 is 2.36 bits per heavy atom. The van der Waals surface area contributed by atoms with Crippen molar-refractivity contribution in [1.82, 2.24) is 9.80 Å². The molecule has 6 heteroatoms. The number of ether oxygens (including phenoxy) is 1. The van der Waals surface area contributed by atoms with Gasteiger partial charge in [0.15, 0.2) is 0 Å². The van der Waals surface area contributed by atoms with Gasteiger partial charge in [-0.15, -0.1) is 11.8 Å². The third kappa shape index (κ3) is 4.87. The van der Waals surface area contributed by atoms with Gasteiger partial charge in [-0.25, -0.2) is 0 Å². The molecule has 0 atom stereocenters. The molecule has 1 heterocycles. The quantitative estimate of drug-likeness (QED) is 0.748. The second-order valence-corrected chi connectivity index (χ2v) is 8.11. The van der Waals surface area contributed by atoms with Gasteiger partial charge in [-0.1, -0.05) is 0 Å². The summed E-state index contributed by atoms with van der Waals surface area (Å²) in [7, 11) is 0. The van der Waals surface area contributed by atoms with Crippen molar-refractivity contribution >= 4 is 17.7 Å². The second kappa shape index (κ2) is 9.45. The van der Waals surface area contributed by atoms with E-state index in [0.717, 1.165) is 37.5 Å². The zero-order valence-electron chi connectivity index (χ0n) is 16.9. The lowest BCUT2D eigenvalue weighted by atomic mass is 10.1. The number of rotatable bonds is 6. The van der Waals surface area contributed by atoms with Crippen LogP contribution in [0.15, 0.2) is 47.4 Å². The summed E-state index contributed by atoms with van der Waals surface area (Å²) < 4.78 is 6.00. The van der Waals surface area contributed by atoms with Crippen LogP contribution < -0.4 is 10.5 Å². The molecule has 0 saturated carbocycles. The van der Waals surface area contributed by atoms with Gasteiger partial charge in [0, 0.05) is 54.8 Å². The van der Waals surface area contributed by atoms with E-state index in [0.29, 0.717) is 23.9 Å². The molecule has 1 saturated heterocycles. The van der Waals surface area contributed by atoms with Crippen LogP contribution in [0.1, 0.15) is 29.8 Å². The van der Waals surface area contributed by atoms with Crippen LogP contribution in [0.5, 0.6) is 11.5 Å². The number of carbonyl (C=O) groups excluding carboxylic acids is 1. The lowest BCUT2D eigenvalue weighted by molar-refractivity contribution is 0.0595. The van der Waals surface area contributed by atoms with E-state index in [-0.39, 0.29) is 5.91 Å². The van der Waals surface area contributed by atoms with Gasteiger partial charge in [-0.2, -0.15) is 0 Å². The van der Waals surface area contributed by atoms with E-state index in [1.807, 2.05) is 53.6 Å². The molecule has 0 bridgehead atoms. The van der Waals surface area contributed by atoms with Gasteiger partial charge < -0.3 is 15.4 Å². The van der Waals surface area contributed by atoms with Gasteiger partial charge in [-0.05, 0) is 62.6 Å². The SMILES string of the molecule is CSc1ccc(Oc2ccc(C(=O)N3CCN(C(C)C)CC3)cc2CN)cc1. The van der Waals surface area contributed by atoms with E-state index in [4.69, 9.17) is 10.5 Å². The molecule has 0 aromatic heterocycles. The smallest absolute Gasteiger partial charge is 0.253 e. The Labute approximate surface area is 171 Å². The van der Waals surface area contributed by atoms with E-state index < -0.39 is 0 Å². The maximum absolute atomic E-state index is 12.9. The van der Waals surface area contributed by atoms with Crippen LogP contribution in [0.3, 0.4) is 0 Å². The molecule has 1 aliphatic heterocycles. The third-order valence-corrected chi connectivity index (χ3v) is 5.89. The van der Waals surface area contributed by atoms with E-state index in [9.17, 15) is 4.79 Å². The zero-order valence-corrected chi connectivity index (χ0v) is 17.7. The summed E-state index contributed by atoms with van der Waals surface area (Å²) in [6, 6.07) is 14.0.